The molecule has 184 valence electrons. The molecule has 4 N–H and O–H groups in total. The van der Waals surface area contributed by atoms with Crippen LogP contribution in [0.5, 0.6) is 0 Å². The standard InChI is InChI=1S/C26H29F2N5O2/c1-33(2)23(14-17-6-4-3-5-7-17)26(35)32-22(13-18-8-10-20(27)21(28)12-18)25(34)31-16-19-9-11-24(29)30-15-19/h3-12,15,22-23H,13-14,16H2,1-2H3,(H2,29,30)(H,31,34)(H,32,35)/t22-,23+/m0/s1. The lowest BCUT2D eigenvalue weighted by Crippen LogP contribution is -2.53. The Kier molecular flexibility index (Phi) is 8.86. The Morgan fingerprint density at radius 1 is 0.914 bits per heavy atom. The summed E-state index contributed by atoms with van der Waals surface area (Å²) >= 11 is 0. The summed E-state index contributed by atoms with van der Waals surface area (Å²) in [5, 5.41) is 5.57. The van der Waals surface area contributed by atoms with Gasteiger partial charge in [-0.25, -0.2) is 13.8 Å². The number of carbonyl (C=O) groups is 2. The van der Waals surface area contributed by atoms with Crippen molar-refractivity contribution in [3.05, 3.63) is 95.2 Å². The van der Waals surface area contributed by atoms with Gasteiger partial charge in [-0.3, -0.25) is 14.5 Å². The normalized spacial score (nSPS) is 12.7. The molecule has 0 fully saturated rings. The molecule has 2 atom stereocenters. The van der Waals surface area contributed by atoms with E-state index in [9.17, 15) is 18.4 Å². The molecule has 0 saturated carbocycles. The minimum absolute atomic E-state index is 0.0136. The highest BCUT2D eigenvalue weighted by atomic mass is 19.2. The maximum atomic E-state index is 13.8. The number of rotatable bonds is 10. The van der Waals surface area contributed by atoms with E-state index in [1.807, 2.05) is 30.3 Å². The molecule has 1 heterocycles. The van der Waals surface area contributed by atoms with Crippen molar-refractivity contribution in [1.29, 1.82) is 0 Å². The molecule has 9 heteroatoms. The van der Waals surface area contributed by atoms with Gasteiger partial charge in [-0.05, 0) is 55.4 Å². The molecular formula is C26H29F2N5O2. The third kappa shape index (κ3) is 7.58. The Morgan fingerprint density at radius 3 is 2.26 bits per heavy atom. The summed E-state index contributed by atoms with van der Waals surface area (Å²) < 4.78 is 27.2. The highest BCUT2D eigenvalue weighted by Crippen LogP contribution is 2.13. The number of carbonyl (C=O) groups excluding carboxylic acids is 2. The van der Waals surface area contributed by atoms with Crippen molar-refractivity contribution in [2.24, 2.45) is 0 Å². The lowest BCUT2D eigenvalue weighted by molar-refractivity contribution is -0.131. The van der Waals surface area contributed by atoms with Gasteiger partial charge >= 0.3 is 0 Å². The minimum Gasteiger partial charge on any atom is -0.384 e. The number of nitrogen functional groups attached to an aromatic ring is 1. The van der Waals surface area contributed by atoms with E-state index in [1.54, 1.807) is 37.3 Å². The molecule has 2 amide bonds. The molecule has 0 radical (unpaired) electrons. The second-order valence-electron chi connectivity index (χ2n) is 8.49. The van der Waals surface area contributed by atoms with E-state index in [1.165, 1.54) is 6.07 Å². The van der Waals surface area contributed by atoms with Gasteiger partial charge in [-0.15, -0.1) is 0 Å². The molecule has 0 aliphatic carbocycles. The summed E-state index contributed by atoms with van der Waals surface area (Å²) in [5.74, 6) is -2.45. The predicted molar refractivity (Wildman–Crippen MR) is 130 cm³/mol. The number of hydrogen-bond donors (Lipinski definition) is 3. The molecule has 0 saturated heterocycles. The van der Waals surface area contributed by atoms with Crippen LogP contribution in [0.1, 0.15) is 16.7 Å². The van der Waals surface area contributed by atoms with Gasteiger partial charge in [0.1, 0.15) is 11.9 Å². The second kappa shape index (κ2) is 12.0. The smallest absolute Gasteiger partial charge is 0.243 e. The van der Waals surface area contributed by atoms with Gasteiger partial charge in [-0.2, -0.15) is 0 Å². The summed E-state index contributed by atoms with van der Waals surface area (Å²) in [7, 11) is 3.57. The molecule has 0 spiro atoms. The van der Waals surface area contributed by atoms with Crippen LogP contribution < -0.4 is 16.4 Å². The first kappa shape index (κ1) is 25.8. The van der Waals surface area contributed by atoms with E-state index in [0.717, 1.165) is 23.3 Å². The number of aromatic nitrogens is 1. The summed E-state index contributed by atoms with van der Waals surface area (Å²) in [6.45, 7) is 0.164. The zero-order valence-corrected chi connectivity index (χ0v) is 19.7. The number of amides is 2. The molecule has 35 heavy (non-hydrogen) atoms. The topological polar surface area (TPSA) is 100 Å². The Morgan fingerprint density at radius 2 is 1.63 bits per heavy atom. The Labute approximate surface area is 203 Å². The van der Waals surface area contributed by atoms with Crippen LogP contribution in [0.15, 0.2) is 66.9 Å². The number of nitrogens with zero attached hydrogens (tertiary/aromatic N) is 2. The molecule has 0 aliphatic heterocycles. The Bertz CT molecular complexity index is 1140. The van der Waals surface area contributed by atoms with Crippen LogP contribution in [-0.4, -0.2) is 47.9 Å². The van der Waals surface area contributed by atoms with E-state index in [-0.39, 0.29) is 18.9 Å². The molecule has 0 unspecified atom stereocenters. The van der Waals surface area contributed by atoms with Crippen molar-refractivity contribution >= 4 is 17.6 Å². The Balaban J connectivity index is 1.77. The molecular weight excluding hydrogens is 452 g/mol. The van der Waals surface area contributed by atoms with Gasteiger partial charge in [0.15, 0.2) is 11.6 Å². The van der Waals surface area contributed by atoms with E-state index >= 15 is 0 Å². The van der Waals surface area contributed by atoms with Gasteiger partial charge < -0.3 is 16.4 Å². The number of hydrogen-bond acceptors (Lipinski definition) is 5. The molecule has 3 rings (SSSR count). The second-order valence-corrected chi connectivity index (χ2v) is 8.49. The third-order valence-electron chi connectivity index (χ3n) is 5.57. The monoisotopic (exact) mass is 481 g/mol. The van der Waals surface area contributed by atoms with Crippen LogP contribution in [0.2, 0.25) is 0 Å². The quantitative estimate of drug-likeness (QED) is 0.413. The number of pyridine rings is 1. The third-order valence-corrected chi connectivity index (χ3v) is 5.57. The fourth-order valence-corrected chi connectivity index (χ4v) is 3.58. The summed E-state index contributed by atoms with van der Waals surface area (Å²) in [6.07, 6.45) is 1.97. The SMILES string of the molecule is CN(C)[C@H](Cc1ccccc1)C(=O)N[C@@H](Cc1ccc(F)c(F)c1)C(=O)NCc1ccc(N)nc1. The van der Waals surface area contributed by atoms with Crippen molar-refractivity contribution in [3.63, 3.8) is 0 Å². The van der Waals surface area contributed by atoms with Crippen molar-refractivity contribution in [3.8, 4) is 0 Å². The average molecular weight is 482 g/mol. The van der Waals surface area contributed by atoms with Gasteiger partial charge in [-0.1, -0.05) is 42.5 Å². The Hall–Kier alpha value is -3.85. The summed E-state index contributed by atoms with van der Waals surface area (Å²) in [4.78, 5) is 32.1. The molecule has 1 aromatic heterocycles. The fourth-order valence-electron chi connectivity index (χ4n) is 3.58. The van der Waals surface area contributed by atoms with Crippen LogP contribution in [0.25, 0.3) is 0 Å². The zero-order chi connectivity index (χ0) is 25.4. The highest BCUT2D eigenvalue weighted by molar-refractivity contribution is 5.90. The van der Waals surface area contributed by atoms with Crippen LogP contribution in [0, 0.1) is 11.6 Å². The maximum absolute atomic E-state index is 13.8. The fraction of sp³-hybridized carbons (Fsp3) is 0.269. The zero-order valence-electron chi connectivity index (χ0n) is 19.7. The largest absolute Gasteiger partial charge is 0.384 e. The van der Waals surface area contributed by atoms with Crippen LogP contribution in [0.4, 0.5) is 14.6 Å². The van der Waals surface area contributed by atoms with Crippen LogP contribution in [-0.2, 0) is 29.0 Å². The van der Waals surface area contributed by atoms with Crippen molar-refractivity contribution in [2.75, 3.05) is 19.8 Å². The predicted octanol–water partition coefficient (Wildman–Crippen LogP) is 2.46. The number of nitrogens with two attached hydrogens (primary N) is 1. The molecule has 7 nitrogen and oxygen atoms in total. The lowest BCUT2D eigenvalue weighted by Gasteiger charge is -2.26. The number of nitrogens with one attached hydrogen (secondary N) is 2. The molecule has 2 aromatic carbocycles. The first-order valence-corrected chi connectivity index (χ1v) is 11.2. The van der Waals surface area contributed by atoms with E-state index in [0.29, 0.717) is 17.8 Å². The van der Waals surface area contributed by atoms with Gasteiger partial charge in [0.25, 0.3) is 0 Å². The lowest BCUT2D eigenvalue weighted by atomic mass is 10.0. The van der Waals surface area contributed by atoms with Crippen LogP contribution >= 0.6 is 0 Å². The highest BCUT2D eigenvalue weighted by Gasteiger charge is 2.27. The van der Waals surface area contributed by atoms with E-state index in [2.05, 4.69) is 15.6 Å². The first-order valence-electron chi connectivity index (χ1n) is 11.2. The van der Waals surface area contributed by atoms with E-state index in [4.69, 9.17) is 5.73 Å². The number of anilines is 1. The van der Waals surface area contributed by atoms with Gasteiger partial charge in [0.05, 0.1) is 6.04 Å². The van der Waals surface area contributed by atoms with Crippen LogP contribution in [0.3, 0.4) is 0 Å². The number of halogens is 2. The molecule has 0 bridgehead atoms. The summed E-state index contributed by atoms with van der Waals surface area (Å²) in [6, 6.07) is 14.8. The van der Waals surface area contributed by atoms with Crippen molar-refractivity contribution in [1.82, 2.24) is 20.5 Å². The molecule has 0 aliphatic rings. The van der Waals surface area contributed by atoms with Crippen molar-refractivity contribution < 1.29 is 18.4 Å². The molecule has 3 aromatic rings. The number of likely N-dealkylation sites (N-methyl/N-ethyl adjacent to an activating group) is 1. The maximum Gasteiger partial charge on any atom is 0.243 e. The minimum atomic E-state index is -1.02. The number of benzene rings is 2. The van der Waals surface area contributed by atoms with Gasteiger partial charge in [0, 0.05) is 19.2 Å². The van der Waals surface area contributed by atoms with Gasteiger partial charge in [0.2, 0.25) is 11.8 Å². The van der Waals surface area contributed by atoms with E-state index < -0.39 is 29.6 Å². The summed E-state index contributed by atoms with van der Waals surface area (Å²) in [5.41, 5.74) is 7.67. The first-order chi connectivity index (χ1) is 16.7. The van der Waals surface area contributed by atoms with Crippen molar-refractivity contribution in [2.45, 2.75) is 31.5 Å². The average Bonchev–Trinajstić information content (AvgIpc) is 2.84.